The molecule has 5 heteroatoms. The Bertz CT molecular complexity index is 338. The number of oxime groups is 1. The maximum Gasteiger partial charge on any atom is 0.173 e. The fraction of sp³-hybridized carbons (Fsp3) is 0.300. The molecule has 0 aromatic heterocycles. The summed E-state index contributed by atoms with van der Waals surface area (Å²) in [4.78, 5) is 0. The first-order chi connectivity index (χ1) is 7.19. The van der Waals surface area contributed by atoms with Crippen LogP contribution in [0.15, 0.2) is 29.4 Å². The third kappa shape index (κ3) is 3.11. The molecule has 0 aliphatic heterocycles. The molecule has 0 spiro atoms. The summed E-state index contributed by atoms with van der Waals surface area (Å²) in [7, 11) is 0. The van der Waals surface area contributed by atoms with Crippen molar-refractivity contribution in [2.75, 3.05) is 6.61 Å². The van der Waals surface area contributed by atoms with Crippen LogP contribution in [0.2, 0.25) is 5.02 Å². The Balaban J connectivity index is 2.93. The molecule has 1 atom stereocenters. The van der Waals surface area contributed by atoms with Crippen molar-refractivity contribution in [2.24, 2.45) is 10.9 Å². The van der Waals surface area contributed by atoms with Crippen molar-refractivity contribution in [2.45, 2.75) is 13.0 Å². The van der Waals surface area contributed by atoms with Gasteiger partial charge in [0.15, 0.2) is 5.84 Å². The lowest BCUT2D eigenvalue weighted by atomic mass is 10.1. The summed E-state index contributed by atoms with van der Waals surface area (Å²) in [6.45, 7) is 2.32. The molecule has 0 heterocycles. The fourth-order valence-electron chi connectivity index (χ4n) is 1.21. The summed E-state index contributed by atoms with van der Waals surface area (Å²) < 4.78 is 5.36. The van der Waals surface area contributed by atoms with Gasteiger partial charge in [0.1, 0.15) is 6.10 Å². The Kier molecular flexibility index (Phi) is 4.39. The number of nitrogens with zero attached hydrogens (tertiary/aromatic N) is 1. The highest BCUT2D eigenvalue weighted by Crippen LogP contribution is 2.19. The van der Waals surface area contributed by atoms with E-state index < -0.39 is 6.10 Å². The standard InChI is InChI=1S/C10H13ClN2O2/c1-2-15-9(10(12)13-14)7-3-5-8(11)6-4-7/h3-6,9,14H,2H2,1H3,(H2,12,13). The number of rotatable bonds is 4. The van der Waals surface area contributed by atoms with Crippen molar-refractivity contribution in [1.29, 1.82) is 0 Å². The monoisotopic (exact) mass is 228 g/mol. The molecule has 3 N–H and O–H groups in total. The zero-order valence-corrected chi connectivity index (χ0v) is 9.11. The Morgan fingerprint density at radius 1 is 1.53 bits per heavy atom. The van der Waals surface area contributed by atoms with Crippen LogP contribution in [0, 0.1) is 0 Å². The molecule has 1 aromatic carbocycles. The van der Waals surface area contributed by atoms with Crippen LogP contribution in [0.1, 0.15) is 18.6 Å². The van der Waals surface area contributed by atoms with E-state index in [2.05, 4.69) is 5.16 Å². The van der Waals surface area contributed by atoms with Crippen molar-refractivity contribution in [1.82, 2.24) is 0 Å². The number of ether oxygens (including phenoxy) is 1. The third-order valence-electron chi connectivity index (χ3n) is 1.89. The van der Waals surface area contributed by atoms with Crippen molar-refractivity contribution < 1.29 is 9.94 Å². The van der Waals surface area contributed by atoms with E-state index in [1.165, 1.54) is 0 Å². The minimum atomic E-state index is -0.530. The summed E-state index contributed by atoms with van der Waals surface area (Å²) in [6, 6.07) is 7.02. The van der Waals surface area contributed by atoms with E-state index in [0.717, 1.165) is 5.56 Å². The second-order valence-electron chi connectivity index (χ2n) is 2.91. The van der Waals surface area contributed by atoms with Gasteiger partial charge in [-0.25, -0.2) is 0 Å². The number of benzene rings is 1. The number of halogens is 1. The van der Waals surface area contributed by atoms with E-state index in [1.807, 2.05) is 6.92 Å². The Morgan fingerprint density at radius 2 is 2.13 bits per heavy atom. The van der Waals surface area contributed by atoms with Crippen molar-refractivity contribution in [3.63, 3.8) is 0 Å². The van der Waals surface area contributed by atoms with Gasteiger partial charge in [-0.3, -0.25) is 0 Å². The highest BCUT2D eigenvalue weighted by atomic mass is 35.5. The Labute approximate surface area is 93.3 Å². The molecule has 4 nitrogen and oxygen atoms in total. The van der Waals surface area contributed by atoms with Gasteiger partial charge in [-0.05, 0) is 24.6 Å². The fourth-order valence-corrected chi connectivity index (χ4v) is 1.34. The minimum Gasteiger partial charge on any atom is -0.409 e. The lowest BCUT2D eigenvalue weighted by Crippen LogP contribution is -2.24. The Morgan fingerprint density at radius 3 is 2.60 bits per heavy atom. The molecule has 1 aromatic rings. The van der Waals surface area contributed by atoms with Crippen LogP contribution in [0.4, 0.5) is 0 Å². The van der Waals surface area contributed by atoms with Crippen LogP contribution in [-0.4, -0.2) is 17.6 Å². The molecule has 15 heavy (non-hydrogen) atoms. The normalized spacial score (nSPS) is 13.9. The number of hydrogen-bond acceptors (Lipinski definition) is 3. The number of hydrogen-bond donors (Lipinski definition) is 2. The maximum atomic E-state index is 8.60. The van der Waals surface area contributed by atoms with Gasteiger partial charge in [-0.2, -0.15) is 0 Å². The molecule has 1 rings (SSSR count). The second kappa shape index (κ2) is 5.58. The van der Waals surface area contributed by atoms with Gasteiger partial charge in [-0.1, -0.05) is 28.9 Å². The quantitative estimate of drug-likeness (QED) is 0.359. The predicted octanol–water partition coefficient (Wildman–Crippen LogP) is 2.16. The van der Waals surface area contributed by atoms with Crippen molar-refractivity contribution >= 4 is 17.4 Å². The van der Waals surface area contributed by atoms with E-state index in [9.17, 15) is 0 Å². The van der Waals surface area contributed by atoms with Crippen LogP contribution in [0.5, 0.6) is 0 Å². The van der Waals surface area contributed by atoms with Crippen LogP contribution >= 0.6 is 11.6 Å². The van der Waals surface area contributed by atoms with Crippen molar-refractivity contribution in [3.05, 3.63) is 34.9 Å². The van der Waals surface area contributed by atoms with E-state index >= 15 is 0 Å². The SMILES string of the molecule is CCOC(/C(N)=N/O)c1ccc(Cl)cc1. The predicted molar refractivity (Wildman–Crippen MR) is 59.2 cm³/mol. The maximum absolute atomic E-state index is 8.60. The van der Waals surface area contributed by atoms with Crippen LogP contribution < -0.4 is 5.73 Å². The summed E-state index contributed by atoms with van der Waals surface area (Å²) >= 11 is 5.76. The van der Waals surface area contributed by atoms with Gasteiger partial charge in [0.05, 0.1) is 0 Å². The average Bonchev–Trinajstić information content (AvgIpc) is 2.26. The summed E-state index contributed by atoms with van der Waals surface area (Å²) in [5.74, 6) is 0.0270. The smallest absolute Gasteiger partial charge is 0.173 e. The van der Waals surface area contributed by atoms with Gasteiger partial charge >= 0.3 is 0 Å². The first-order valence-electron chi connectivity index (χ1n) is 4.53. The third-order valence-corrected chi connectivity index (χ3v) is 2.14. The highest BCUT2D eigenvalue weighted by molar-refractivity contribution is 6.30. The first-order valence-corrected chi connectivity index (χ1v) is 4.91. The number of amidine groups is 1. The van der Waals surface area contributed by atoms with E-state index in [-0.39, 0.29) is 5.84 Å². The first kappa shape index (κ1) is 11.8. The topological polar surface area (TPSA) is 67.8 Å². The van der Waals surface area contributed by atoms with Gasteiger partial charge in [0.25, 0.3) is 0 Å². The molecule has 0 amide bonds. The molecule has 0 saturated heterocycles. The van der Waals surface area contributed by atoms with Crippen LogP contribution in [0.25, 0.3) is 0 Å². The van der Waals surface area contributed by atoms with Gasteiger partial charge in [0.2, 0.25) is 0 Å². The lowest BCUT2D eigenvalue weighted by molar-refractivity contribution is 0.106. The average molecular weight is 229 g/mol. The van der Waals surface area contributed by atoms with E-state index in [4.69, 9.17) is 27.3 Å². The molecule has 1 unspecified atom stereocenters. The van der Waals surface area contributed by atoms with E-state index in [1.54, 1.807) is 24.3 Å². The Hall–Kier alpha value is -1.26. The van der Waals surface area contributed by atoms with Gasteiger partial charge in [0, 0.05) is 11.6 Å². The molecule has 82 valence electrons. The van der Waals surface area contributed by atoms with E-state index in [0.29, 0.717) is 11.6 Å². The molecular formula is C10H13ClN2O2. The second-order valence-corrected chi connectivity index (χ2v) is 3.35. The van der Waals surface area contributed by atoms with Gasteiger partial charge in [-0.15, -0.1) is 0 Å². The van der Waals surface area contributed by atoms with Gasteiger partial charge < -0.3 is 15.7 Å². The van der Waals surface area contributed by atoms with Crippen LogP contribution in [-0.2, 0) is 4.74 Å². The molecule has 0 fully saturated rings. The summed E-state index contributed by atoms with van der Waals surface area (Å²) in [5.41, 5.74) is 6.32. The zero-order chi connectivity index (χ0) is 11.3. The molecule has 0 aliphatic rings. The molecule has 0 saturated carbocycles. The minimum absolute atomic E-state index is 0.0270. The molecule has 0 radical (unpaired) electrons. The zero-order valence-electron chi connectivity index (χ0n) is 8.35. The summed E-state index contributed by atoms with van der Waals surface area (Å²) in [5, 5.41) is 12.2. The highest BCUT2D eigenvalue weighted by Gasteiger charge is 2.16. The van der Waals surface area contributed by atoms with Crippen molar-refractivity contribution in [3.8, 4) is 0 Å². The molecule has 0 aliphatic carbocycles. The molecule has 0 bridgehead atoms. The molecular weight excluding hydrogens is 216 g/mol. The largest absolute Gasteiger partial charge is 0.409 e. The summed E-state index contributed by atoms with van der Waals surface area (Å²) in [6.07, 6.45) is -0.530. The number of nitrogens with two attached hydrogens (primary N) is 1. The lowest BCUT2D eigenvalue weighted by Gasteiger charge is -2.15. The van der Waals surface area contributed by atoms with Crippen LogP contribution in [0.3, 0.4) is 0 Å².